The van der Waals surface area contributed by atoms with Crippen LogP contribution in [0, 0.1) is 29.3 Å². The summed E-state index contributed by atoms with van der Waals surface area (Å²) in [6.07, 6.45) is -0.443. The van der Waals surface area contributed by atoms with Crippen molar-refractivity contribution in [1.82, 2.24) is 5.32 Å². The van der Waals surface area contributed by atoms with Crippen LogP contribution in [0.3, 0.4) is 0 Å². The highest BCUT2D eigenvalue weighted by atomic mass is 35.5. The number of nitrogens with two attached hydrogens (primary N) is 1. The van der Waals surface area contributed by atoms with E-state index in [-0.39, 0.29) is 41.8 Å². The van der Waals surface area contributed by atoms with E-state index in [4.69, 9.17) is 22.1 Å². The van der Waals surface area contributed by atoms with Gasteiger partial charge < -0.3 is 31.3 Å². The van der Waals surface area contributed by atoms with Gasteiger partial charge in [-0.15, -0.1) is 0 Å². The zero-order chi connectivity index (χ0) is 27.8. The largest absolute Gasteiger partial charge is 0.491 e. The second kappa shape index (κ2) is 11.1. The van der Waals surface area contributed by atoms with Gasteiger partial charge in [0.2, 0.25) is 5.91 Å². The standard InChI is InChI=1S/C26H29ClF3N3O5/c1-12(22(15-10-32-7-6-19(15)34)23-17(29)8-13(27)9-18(23)30)26(31,25(36)37)11-38-20-4-3-16(28)24-14(20)2-5-21(35)33-24/h3-4,8-9,12,15,19,22,32,34H,2,5-7,10-11,31H2,1H3,(H,33,35)(H,36,37)/t12?,15?,19?,22-,26?/m1/s1. The summed E-state index contributed by atoms with van der Waals surface area (Å²) in [5.41, 5.74) is 4.12. The van der Waals surface area contributed by atoms with Crippen molar-refractivity contribution in [3.63, 3.8) is 0 Å². The van der Waals surface area contributed by atoms with E-state index in [1.54, 1.807) is 0 Å². The molecular formula is C26H29ClF3N3O5. The van der Waals surface area contributed by atoms with Crippen molar-refractivity contribution in [3.8, 4) is 5.75 Å². The molecule has 0 saturated carbocycles. The minimum Gasteiger partial charge on any atom is -0.491 e. The third-order valence-electron chi connectivity index (χ3n) is 7.63. The van der Waals surface area contributed by atoms with Gasteiger partial charge in [0.25, 0.3) is 0 Å². The number of halogens is 4. The van der Waals surface area contributed by atoms with Crippen LogP contribution in [0.4, 0.5) is 18.9 Å². The molecule has 2 aliphatic heterocycles. The molecule has 0 radical (unpaired) electrons. The van der Waals surface area contributed by atoms with Gasteiger partial charge >= 0.3 is 5.97 Å². The number of aliphatic carboxylic acids is 1. The first-order valence-corrected chi connectivity index (χ1v) is 12.6. The Morgan fingerprint density at radius 3 is 2.55 bits per heavy atom. The Hall–Kier alpha value is -2.86. The number of anilines is 1. The zero-order valence-corrected chi connectivity index (χ0v) is 21.3. The Morgan fingerprint density at radius 2 is 1.92 bits per heavy atom. The Labute approximate surface area is 222 Å². The Kier molecular flexibility index (Phi) is 8.22. The molecule has 206 valence electrons. The summed E-state index contributed by atoms with van der Waals surface area (Å²) in [4.78, 5) is 24.3. The van der Waals surface area contributed by atoms with E-state index in [9.17, 15) is 24.2 Å². The van der Waals surface area contributed by atoms with Gasteiger partial charge in [-0.3, -0.25) is 9.59 Å². The molecule has 2 aliphatic rings. The van der Waals surface area contributed by atoms with Crippen LogP contribution in [0.5, 0.6) is 5.75 Å². The lowest BCUT2D eigenvalue weighted by Gasteiger charge is -2.43. The average molecular weight is 556 g/mol. The maximum atomic E-state index is 15.2. The van der Waals surface area contributed by atoms with Gasteiger partial charge in [-0.25, -0.2) is 13.2 Å². The Morgan fingerprint density at radius 1 is 1.24 bits per heavy atom. The number of carboxylic acids is 1. The van der Waals surface area contributed by atoms with Crippen molar-refractivity contribution in [3.05, 3.63) is 57.9 Å². The lowest BCUT2D eigenvalue weighted by Crippen LogP contribution is -2.61. The van der Waals surface area contributed by atoms with Gasteiger partial charge in [0.15, 0.2) is 5.54 Å². The molecule has 0 spiro atoms. The number of hydrogen-bond donors (Lipinski definition) is 5. The monoisotopic (exact) mass is 555 g/mol. The van der Waals surface area contributed by atoms with Crippen molar-refractivity contribution in [2.24, 2.45) is 17.6 Å². The van der Waals surface area contributed by atoms with E-state index in [0.29, 0.717) is 18.5 Å². The molecule has 8 nitrogen and oxygen atoms in total. The molecule has 0 aliphatic carbocycles. The van der Waals surface area contributed by atoms with Crippen LogP contribution in [0.2, 0.25) is 5.02 Å². The van der Waals surface area contributed by atoms with Crippen molar-refractivity contribution in [2.75, 3.05) is 25.0 Å². The summed E-state index contributed by atoms with van der Waals surface area (Å²) in [7, 11) is 0. The van der Waals surface area contributed by atoms with Crippen LogP contribution in [0.1, 0.15) is 36.8 Å². The lowest BCUT2D eigenvalue weighted by atomic mass is 9.66. The van der Waals surface area contributed by atoms with Crippen molar-refractivity contribution >= 4 is 29.2 Å². The van der Waals surface area contributed by atoms with Crippen LogP contribution in [-0.2, 0) is 16.0 Å². The van der Waals surface area contributed by atoms with E-state index < -0.39 is 65.0 Å². The maximum absolute atomic E-state index is 15.2. The summed E-state index contributed by atoms with van der Waals surface area (Å²) in [5.74, 6) is -7.49. The fraction of sp³-hybridized carbons (Fsp3) is 0.462. The summed E-state index contributed by atoms with van der Waals surface area (Å²) in [6, 6.07) is 4.24. The summed E-state index contributed by atoms with van der Waals surface area (Å²) >= 11 is 5.82. The molecule has 38 heavy (non-hydrogen) atoms. The topological polar surface area (TPSA) is 134 Å². The molecule has 4 unspecified atom stereocenters. The van der Waals surface area contributed by atoms with Gasteiger partial charge in [0.1, 0.15) is 29.8 Å². The summed E-state index contributed by atoms with van der Waals surface area (Å²) < 4.78 is 50.5. The highest BCUT2D eigenvalue weighted by Crippen LogP contribution is 2.43. The molecule has 2 aromatic carbocycles. The quantitative estimate of drug-likeness (QED) is 0.338. The Balaban J connectivity index is 1.72. The van der Waals surface area contributed by atoms with Crippen LogP contribution in [0.25, 0.3) is 0 Å². The minimum atomic E-state index is -2.19. The fourth-order valence-corrected chi connectivity index (χ4v) is 5.60. The molecule has 2 aromatic rings. The van der Waals surface area contributed by atoms with E-state index >= 15 is 8.78 Å². The van der Waals surface area contributed by atoms with Crippen LogP contribution >= 0.6 is 11.6 Å². The third-order valence-corrected chi connectivity index (χ3v) is 7.85. The molecule has 4 rings (SSSR count). The van der Waals surface area contributed by atoms with Gasteiger partial charge in [-0.1, -0.05) is 18.5 Å². The number of amides is 1. The first-order chi connectivity index (χ1) is 17.9. The van der Waals surface area contributed by atoms with E-state index in [0.717, 1.165) is 18.2 Å². The normalized spacial score (nSPS) is 22.6. The van der Waals surface area contributed by atoms with Crippen molar-refractivity contribution in [2.45, 2.75) is 43.7 Å². The number of rotatable bonds is 8. The molecule has 0 aromatic heterocycles. The number of carbonyl (C=O) groups excluding carboxylic acids is 1. The number of nitrogens with one attached hydrogen (secondary N) is 2. The van der Waals surface area contributed by atoms with Gasteiger partial charge in [-0.05, 0) is 49.6 Å². The fourth-order valence-electron chi connectivity index (χ4n) is 5.41. The number of fused-ring (bicyclic) bond motifs is 1. The molecule has 1 fully saturated rings. The van der Waals surface area contributed by atoms with E-state index in [1.165, 1.54) is 13.0 Å². The average Bonchev–Trinajstić information content (AvgIpc) is 2.86. The zero-order valence-electron chi connectivity index (χ0n) is 20.6. The Bertz CT molecular complexity index is 1230. The third kappa shape index (κ3) is 5.33. The van der Waals surface area contributed by atoms with Crippen molar-refractivity contribution in [1.29, 1.82) is 0 Å². The van der Waals surface area contributed by atoms with Gasteiger partial charge in [0, 0.05) is 41.0 Å². The van der Waals surface area contributed by atoms with E-state index in [1.807, 2.05) is 0 Å². The van der Waals surface area contributed by atoms with Gasteiger partial charge in [-0.2, -0.15) is 0 Å². The summed E-state index contributed by atoms with van der Waals surface area (Å²) in [5, 5.41) is 26.4. The number of piperidine rings is 1. The lowest BCUT2D eigenvalue weighted by molar-refractivity contribution is -0.148. The van der Waals surface area contributed by atoms with Gasteiger partial charge in [0.05, 0.1) is 11.8 Å². The first-order valence-electron chi connectivity index (χ1n) is 12.2. The highest BCUT2D eigenvalue weighted by molar-refractivity contribution is 6.30. The molecule has 12 heteroatoms. The van der Waals surface area contributed by atoms with Crippen LogP contribution < -0.4 is 21.1 Å². The molecule has 0 bridgehead atoms. The molecule has 1 saturated heterocycles. The minimum absolute atomic E-state index is 0.0515. The molecule has 5 atom stereocenters. The van der Waals surface area contributed by atoms with Crippen LogP contribution in [0.15, 0.2) is 24.3 Å². The molecule has 1 amide bonds. The van der Waals surface area contributed by atoms with Crippen molar-refractivity contribution < 1.29 is 37.7 Å². The number of ether oxygens (including phenoxy) is 1. The van der Waals surface area contributed by atoms with E-state index in [2.05, 4.69) is 10.6 Å². The van der Waals surface area contributed by atoms with Crippen LogP contribution in [-0.4, -0.2) is 53.4 Å². The number of hydrogen-bond acceptors (Lipinski definition) is 6. The number of aliphatic hydroxyl groups excluding tert-OH is 1. The highest BCUT2D eigenvalue weighted by Gasteiger charge is 2.50. The molecule has 2 heterocycles. The molecular weight excluding hydrogens is 527 g/mol. The maximum Gasteiger partial charge on any atom is 0.327 e. The number of carboxylic acid groups (broad SMARTS) is 1. The predicted molar refractivity (Wildman–Crippen MR) is 134 cm³/mol. The number of benzene rings is 2. The number of carbonyl (C=O) groups is 2. The predicted octanol–water partition coefficient (Wildman–Crippen LogP) is 3.19. The second-order valence-corrected chi connectivity index (χ2v) is 10.3. The second-order valence-electron chi connectivity index (χ2n) is 9.90. The molecule has 6 N–H and O–H groups in total. The first kappa shape index (κ1) is 28.2. The smallest absolute Gasteiger partial charge is 0.327 e. The SMILES string of the molecule is CC([C@@H](c1c(F)cc(Cl)cc1F)C1CNCCC1O)C(N)(COc1ccc(F)c2c1CCC(=O)N2)C(=O)O. The number of aliphatic hydroxyl groups is 1. The summed E-state index contributed by atoms with van der Waals surface area (Å²) in [6.45, 7) is 1.45.